The van der Waals surface area contributed by atoms with Crippen LogP contribution in [0.1, 0.15) is 56.2 Å². The van der Waals surface area contributed by atoms with Crippen molar-refractivity contribution in [2.45, 2.75) is 39.5 Å². The zero-order valence-corrected chi connectivity index (χ0v) is 17.1. The average Bonchev–Trinajstić information content (AvgIpc) is 2.61. The first-order valence-corrected chi connectivity index (χ1v) is 9.54. The van der Waals surface area contributed by atoms with Crippen molar-refractivity contribution in [1.29, 1.82) is 0 Å². The van der Waals surface area contributed by atoms with Gasteiger partial charge in [-0.3, -0.25) is 4.99 Å². The molecule has 0 bridgehead atoms. The zero-order chi connectivity index (χ0) is 19.1. The molecule has 0 aromatic heterocycles. The number of amidine groups is 1. The van der Waals surface area contributed by atoms with E-state index in [0.29, 0.717) is 11.8 Å². The van der Waals surface area contributed by atoms with Crippen molar-refractivity contribution in [2.75, 3.05) is 32.5 Å². The van der Waals surface area contributed by atoms with E-state index in [1.54, 1.807) is 0 Å². The number of nitrogens with zero attached hydrogens (tertiary/aromatic N) is 2. The van der Waals surface area contributed by atoms with Crippen molar-refractivity contribution in [3.05, 3.63) is 65.2 Å². The maximum atomic E-state index is 4.89. The van der Waals surface area contributed by atoms with E-state index in [0.717, 1.165) is 24.5 Å². The van der Waals surface area contributed by atoms with Crippen LogP contribution in [0.4, 0.5) is 5.69 Å². The highest BCUT2D eigenvalue weighted by Crippen LogP contribution is 2.32. The van der Waals surface area contributed by atoms with Gasteiger partial charge in [0.1, 0.15) is 5.84 Å². The van der Waals surface area contributed by atoms with Gasteiger partial charge in [0.05, 0.1) is 6.54 Å². The van der Waals surface area contributed by atoms with E-state index >= 15 is 0 Å². The molecule has 3 heteroatoms. The molecule has 2 rings (SSSR count). The third-order valence-electron chi connectivity index (χ3n) is 4.48. The maximum Gasteiger partial charge on any atom is 0.132 e. The molecule has 0 radical (unpaired) electrons. The molecule has 0 spiro atoms. The van der Waals surface area contributed by atoms with Crippen molar-refractivity contribution in [2.24, 2.45) is 4.99 Å². The third kappa shape index (κ3) is 5.43. The fraction of sp³-hybridized carbons (Fsp3) is 0.435. The van der Waals surface area contributed by atoms with Crippen LogP contribution in [-0.4, -0.2) is 37.9 Å². The topological polar surface area (TPSA) is 27.6 Å². The van der Waals surface area contributed by atoms with Gasteiger partial charge in [-0.15, -0.1) is 0 Å². The molecule has 2 aromatic rings. The van der Waals surface area contributed by atoms with Gasteiger partial charge in [0, 0.05) is 17.8 Å². The minimum atomic E-state index is 0.454. The Bertz CT molecular complexity index is 689. The van der Waals surface area contributed by atoms with Crippen LogP contribution in [0.15, 0.2) is 53.5 Å². The third-order valence-corrected chi connectivity index (χ3v) is 4.48. The van der Waals surface area contributed by atoms with Gasteiger partial charge < -0.3 is 10.2 Å². The second-order valence-corrected chi connectivity index (χ2v) is 7.65. The SMILES string of the molecule is CC(C)c1cccc(C(C)C)c1NC(=NCCN(C)C)c1ccccc1. The number of likely N-dealkylation sites (N-methyl/N-ethyl adjacent to an activating group) is 1. The monoisotopic (exact) mass is 351 g/mol. The summed E-state index contributed by atoms with van der Waals surface area (Å²) in [4.78, 5) is 7.05. The summed E-state index contributed by atoms with van der Waals surface area (Å²) in [6.45, 7) is 10.7. The van der Waals surface area contributed by atoms with Crippen LogP contribution in [-0.2, 0) is 0 Å². The van der Waals surface area contributed by atoms with E-state index in [1.807, 2.05) is 6.07 Å². The van der Waals surface area contributed by atoms with E-state index in [-0.39, 0.29) is 0 Å². The van der Waals surface area contributed by atoms with Crippen molar-refractivity contribution >= 4 is 11.5 Å². The molecule has 3 nitrogen and oxygen atoms in total. The first kappa shape index (κ1) is 20.2. The van der Waals surface area contributed by atoms with Crippen molar-refractivity contribution in [1.82, 2.24) is 4.90 Å². The summed E-state index contributed by atoms with van der Waals surface area (Å²) >= 11 is 0. The Morgan fingerprint density at radius 3 is 1.96 bits per heavy atom. The number of aliphatic imine (C=N–C) groups is 1. The summed E-state index contributed by atoms with van der Waals surface area (Å²) in [6, 6.07) is 17.0. The number of para-hydroxylation sites is 1. The fourth-order valence-corrected chi connectivity index (χ4v) is 2.97. The minimum absolute atomic E-state index is 0.454. The van der Waals surface area contributed by atoms with Crippen LogP contribution in [0.25, 0.3) is 0 Å². The predicted octanol–water partition coefficient (Wildman–Crippen LogP) is 5.35. The number of benzene rings is 2. The maximum absolute atomic E-state index is 4.89. The van der Waals surface area contributed by atoms with E-state index < -0.39 is 0 Å². The molecule has 0 aliphatic rings. The molecule has 0 amide bonds. The number of nitrogens with one attached hydrogen (secondary N) is 1. The number of hydrogen-bond donors (Lipinski definition) is 1. The Hall–Kier alpha value is -2.13. The van der Waals surface area contributed by atoms with Crippen LogP contribution >= 0.6 is 0 Å². The summed E-state index contributed by atoms with van der Waals surface area (Å²) in [5, 5.41) is 3.70. The van der Waals surface area contributed by atoms with Gasteiger partial charge in [-0.1, -0.05) is 76.2 Å². The standard InChI is InChI=1S/C23H33N3/c1-17(2)20-13-10-14-21(18(3)4)22(20)25-23(24-15-16-26(5)6)19-11-8-7-9-12-19/h7-14,17-18H,15-16H2,1-6H3,(H,24,25). The molecular formula is C23H33N3. The Morgan fingerprint density at radius 1 is 0.885 bits per heavy atom. The summed E-state index contributed by atoms with van der Waals surface area (Å²) in [5.41, 5.74) is 5.02. The summed E-state index contributed by atoms with van der Waals surface area (Å²) < 4.78 is 0. The lowest BCUT2D eigenvalue weighted by molar-refractivity contribution is 0.420. The molecule has 0 aliphatic carbocycles. The van der Waals surface area contributed by atoms with E-state index in [4.69, 9.17) is 4.99 Å². The number of anilines is 1. The molecule has 0 aliphatic heterocycles. The fourth-order valence-electron chi connectivity index (χ4n) is 2.97. The Labute approximate surface area is 159 Å². The van der Waals surface area contributed by atoms with E-state index in [9.17, 15) is 0 Å². The van der Waals surface area contributed by atoms with Crippen molar-refractivity contribution in [3.63, 3.8) is 0 Å². The van der Waals surface area contributed by atoms with Gasteiger partial charge in [-0.2, -0.15) is 0 Å². The van der Waals surface area contributed by atoms with Gasteiger partial charge in [0.25, 0.3) is 0 Å². The van der Waals surface area contributed by atoms with Crippen LogP contribution < -0.4 is 5.32 Å². The van der Waals surface area contributed by atoms with E-state index in [2.05, 4.69) is 94.5 Å². The Balaban J connectivity index is 2.45. The average molecular weight is 352 g/mol. The Kier molecular flexibility index (Phi) is 7.40. The first-order chi connectivity index (χ1) is 12.4. The second kappa shape index (κ2) is 9.54. The normalized spacial score (nSPS) is 12.3. The summed E-state index contributed by atoms with van der Waals surface area (Å²) in [7, 11) is 4.16. The lowest BCUT2D eigenvalue weighted by Crippen LogP contribution is -2.21. The molecule has 0 unspecified atom stereocenters. The molecule has 0 heterocycles. The van der Waals surface area contributed by atoms with Crippen LogP contribution in [0.5, 0.6) is 0 Å². The molecular weight excluding hydrogens is 318 g/mol. The molecule has 26 heavy (non-hydrogen) atoms. The zero-order valence-electron chi connectivity index (χ0n) is 17.1. The number of rotatable bonds is 7. The summed E-state index contributed by atoms with van der Waals surface area (Å²) in [6.07, 6.45) is 0. The van der Waals surface area contributed by atoms with Gasteiger partial charge in [0.15, 0.2) is 0 Å². The Morgan fingerprint density at radius 2 is 1.46 bits per heavy atom. The van der Waals surface area contributed by atoms with E-state index in [1.165, 1.54) is 16.8 Å². The van der Waals surface area contributed by atoms with Gasteiger partial charge in [0.2, 0.25) is 0 Å². The van der Waals surface area contributed by atoms with Crippen molar-refractivity contribution < 1.29 is 0 Å². The molecule has 2 aromatic carbocycles. The smallest absolute Gasteiger partial charge is 0.132 e. The van der Waals surface area contributed by atoms with Gasteiger partial charge in [-0.25, -0.2) is 0 Å². The highest BCUT2D eigenvalue weighted by Gasteiger charge is 2.16. The largest absolute Gasteiger partial charge is 0.340 e. The molecule has 1 N–H and O–H groups in total. The van der Waals surface area contributed by atoms with Crippen molar-refractivity contribution in [3.8, 4) is 0 Å². The van der Waals surface area contributed by atoms with Crippen LogP contribution in [0.2, 0.25) is 0 Å². The summed E-state index contributed by atoms with van der Waals surface area (Å²) in [5.74, 6) is 1.85. The van der Waals surface area contributed by atoms with Gasteiger partial charge in [-0.05, 0) is 37.1 Å². The molecule has 140 valence electrons. The lowest BCUT2D eigenvalue weighted by atomic mass is 9.92. The lowest BCUT2D eigenvalue weighted by Gasteiger charge is -2.22. The first-order valence-electron chi connectivity index (χ1n) is 9.54. The quantitative estimate of drug-likeness (QED) is 0.537. The highest BCUT2D eigenvalue weighted by molar-refractivity contribution is 6.09. The van der Waals surface area contributed by atoms with Gasteiger partial charge >= 0.3 is 0 Å². The second-order valence-electron chi connectivity index (χ2n) is 7.65. The predicted molar refractivity (Wildman–Crippen MR) is 115 cm³/mol. The molecule has 0 saturated heterocycles. The molecule has 0 fully saturated rings. The molecule has 0 atom stereocenters. The van der Waals surface area contributed by atoms with Crippen LogP contribution in [0.3, 0.4) is 0 Å². The number of hydrogen-bond acceptors (Lipinski definition) is 2. The highest BCUT2D eigenvalue weighted by atomic mass is 15.1. The molecule has 0 saturated carbocycles. The minimum Gasteiger partial charge on any atom is -0.340 e. The van der Waals surface area contributed by atoms with Crippen LogP contribution in [0, 0.1) is 0 Å².